The van der Waals surface area contributed by atoms with Crippen molar-refractivity contribution in [3.8, 4) is 0 Å². The number of sulfonamides is 1. The van der Waals surface area contributed by atoms with E-state index in [1.165, 1.54) is 25.4 Å². The molecule has 0 bridgehead atoms. The number of aromatic nitrogens is 3. The van der Waals surface area contributed by atoms with Gasteiger partial charge in [-0.1, -0.05) is 0 Å². The average Bonchev–Trinajstić information content (AvgIpc) is 2.75. The molecule has 3 N–H and O–H groups in total. The van der Waals surface area contributed by atoms with Gasteiger partial charge in [-0.25, -0.2) is 13.2 Å². The first-order valence-electron chi connectivity index (χ1n) is 5.23. The van der Waals surface area contributed by atoms with Crippen molar-refractivity contribution in [1.29, 1.82) is 0 Å². The van der Waals surface area contributed by atoms with Crippen molar-refractivity contribution in [3.63, 3.8) is 0 Å². The number of anilines is 1. The third-order valence-corrected chi connectivity index (χ3v) is 4.54. The number of halogens is 1. The van der Waals surface area contributed by atoms with Crippen molar-refractivity contribution in [1.82, 2.24) is 15.2 Å². The second kappa shape index (κ2) is 5.21. The van der Waals surface area contributed by atoms with Crippen LogP contribution in [0.4, 0.5) is 5.69 Å². The summed E-state index contributed by atoms with van der Waals surface area (Å²) in [5.41, 5.74) is -0.169. The van der Waals surface area contributed by atoms with Gasteiger partial charge in [0.15, 0.2) is 5.69 Å². The van der Waals surface area contributed by atoms with Gasteiger partial charge in [0.05, 0.1) is 15.9 Å². The second-order valence-corrected chi connectivity index (χ2v) is 6.27. The molecule has 0 saturated heterocycles. The van der Waals surface area contributed by atoms with Crippen molar-refractivity contribution >= 4 is 37.6 Å². The molecular formula is C10H9BrN4O4S. The minimum atomic E-state index is -4.08. The number of H-pyrrole nitrogens is 1. The standard InChI is InChI=1S/C10H9BrN4O4S/c1-5-9(8(10(16)17)14-13-5)20(18,19)15-7-2-3-12-4-6(7)11/h2-4H,1H3,(H,12,15)(H,13,14)(H,16,17). The number of aryl methyl sites for hydroxylation is 1. The molecule has 0 aromatic carbocycles. The molecule has 2 aromatic rings. The Morgan fingerprint density at radius 3 is 2.80 bits per heavy atom. The molecule has 0 radical (unpaired) electrons. The maximum Gasteiger partial charge on any atom is 0.357 e. The maximum absolute atomic E-state index is 12.3. The van der Waals surface area contributed by atoms with Gasteiger partial charge in [0.2, 0.25) is 0 Å². The molecule has 0 fully saturated rings. The lowest BCUT2D eigenvalue weighted by molar-refractivity contribution is 0.0686. The van der Waals surface area contributed by atoms with Crippen molar-refractivity contribution in [3.05, 3.63) is 34.3 Å². The number of carbonyl (C=O) groups is 1. The fourth-order valence-corrected chi connectivity index (χ4v) is 3.43. The van der Waals surface area contributed by atoms with E-state index in [1.54, 1.807) is 0 Å². The van der Waals surface area contributed by atoms with Gasteiger partial charge in [-0.05, 0) is 28.9 Å². The fraction of sp³-hybridized carbons (Fsp3) is 0.100. The molecule has 0 spiro atoms. The number of hydrogen-bond donors (Lipinski definition) is 3. The largest absolute Gasteiger partial charge is 0.476 e. The van der Waals surface area contributed by atoms with Crippen LogP contribution in [0.25, 0.3) is 0 Å². The highest BCUT2D eigenvalue weighted by molar-refractivity contribution is 9.10. The van der Waals surface area contributed by atoms with Crippen LogP contribution in [0.15, 0.2) is 27.8 Å². The SMILES string of the molecule is Cc1[nH]nc(C(=O)O)c1S(=O)(=O)Nc1ccncc1Br. The lowest BCUT2D eigenvalue weighted by Crippen LogP contribution is -2.17. The van der Waals surface area contributed by atoms with Gasteiger partial charge in [-0.15, -0.1) is 0 Å². The number of hydrogen-bond acceptors (Lipinski definition) is 5. The molecule has 0 aliphatic heterocycles. The molecule has 106 valence electrons. The van der Waals surface area contributed by atoms with Crippen LogP contribution in [0.1, 0.15) is 16.2 Å². The van der Waals surface area contributed by atoms with E-state index in [4.69, 9.17) is 5.11 Å². The van der Waals surface area contributed by atoms with Crippen LogP contribution in [0.3, 0.4) is 0 Å². The molecule has 0 aliphatic rings. The lowest BCUT2D eigenvalue weighted by Gasteiger charge is -2.09. The lowest BCUT2D eigenvalue weighted by atomic mass is 10.4. The summed E-state index contributed by atoms with van der Waals surface area (Å²) in [6.45, 7) is 1.43. The predicted molar refractivity (Wildman–Crippen MR) is 73.0 cm³/mol. The molecule has 8 nitrogen and oxygen atoms in total. The van der Waals surface area contributed by atoms with Crippen LogP contribution in [0.2, 0.25) is 0 Å². The Bertz CT molecular complexity index is 771. The summed E-state index contributed by atoms with van der Waals surface area (Å²) in [7, 11) is -4.08. The number of nitrogens with one attached hydrogen (secondary N) is 2. The normalized spacial score (nSPS) is 11.3. The van der Waals surface area contributed by atoms with E-state index in [1.807, 2.05) is 0 Å². The number of pyridine rings is 1. The van der Waals surface area contributed by atoms with Gasteiger partial charge in [-0.3, -0.25) is 14.8 Å². The number of rotatable bonds is 4. The van der Waals surface area contributed by atoms with Crippen molar-refractivity contribution < 1.29 is 18.3 Å². The van der Waals surface area contributed by atoms with Gasteiger partial charge < -0.3 is 5.11 Å². The molecule has 0 amide bonds. The monoisotopic (exact) mass is 360 g/mol. The molecule has 0 atom stereocenters. The number of nitrogens with zero attached hydrogens (tertiary/aromatic N) is 2. The Morgan fingerprint density at radius 1 is 1.50 bits per heavy atom. The zero-order valence-electron chi connectivity index (χ0n) is 10.1. The van der Waals surface area contributed by atoms with Crippen molar-refractivity contribution in [2.24, 2.45) is 0 Å². The molecule has 0 aliphatic carbocycles. The molecule has 20 heavy (non-hydrogen) atoms. The van der Waals surface area contributed by atoms with E-state index in [2.05, 4.69) is 35.8 Å². The summed E-state index contributed by atoms with van der Waals surface area (Å²) in [5, 5.41) is 14.8. The summed E-state index contributed by atoms with van der Waals surface area (Å²) in [4.78, 5) is 14.4. The topological polar surface area (TPSA) is 125 Å². The molecule has 2 heterocycles. The quantitative estimate of drug-likeness (QED) is 0.755. The minimum absolute atomic E-state index is 0.139. The summed E-state index contributed by atoms with van der Waals surface area (Å²) in [5.74, 6) is -1.43. The van der Waals surface area contributed by atoms with Gasteiger partial charge in [0.25, 0.3) is 10.0 Å². The maximum atomic E-state index is 12.3. The minimum Gasteiger partial charge on any atom is -0.476 e. The van der Waals surface area contributed by atoms with Gasteiger partial charge in [0, 0.05) is 12.4 Å². The average molecular weight is 361 g/mol. The number of carboxylic acids is 1. The van der Waals surface area contributed by atoms with Crippen molar-refractivity contribution in [2.45, 2.75) is 11.8 Å². The third kappa shape index (κ3) is 2.65. The second-order valence-electron chi connectivity index (χ2n) is 3.79. The Morgan fingerprint density at radius 2 is 2.20 bits per heavy atom. The van der Waals surface area contributed by atoms with Crippen LogP contribution in [-0.2, 0) is 10.0 Å². The number of aromatic amines is 1. The Hall–Kier alpha value is -1.94. The number of aromatic carboxylic acids is 1. The highest BCUT2D eigenvalue weighted by Crippen LogP contribution is 2.25. The van der Waals surface area contributed by atoms with E-state index in [-0.39, 0.29) is 11.4 Å². The van der Waals surface area contributed by atoms with Gasteiger partial charge >= 0.3 is 5.97 Å². The predicted octanol–water partition coefficient (Wildman–Crippen LogP) is 1.37. The first kappa shape index (κ1) is 14.5. The molecule has 10 heteroatoms. The first-order chi connectivity index (χ1) is 9.33. The Kier molecular flexibility index (Phi) is 3.77. The van der Waals surface area contributed by atoms with Crippen LogP contribution in [-0.4, -0.2) is 34.7 Å². The number of carboxylic acid groups (broad SMARTS) is 1. The zero-order valence-corrected chi connectivity index (χ0v) is 12.5. The van der Waals surface area contributed by atoms with Crippen molar-refractivity contribution in [2.75, 3.05) is 4.72 Å². The fourth-order valence-electron chi connectivity index (χ4n) is 1.55. The van der Waals surface area contributed by atoms with E-state index in [0.29, 0.717) is 4.47 Å². The third-order valence-electron chi connectivity index (χ3n) is 2.38. The zero-order chi connectivity index (χ0) is 14.9. The Balaban J connectivity index is 2.49. The van der Waals surface area contributed by atoms with Crippen LogP contribution < -0.4 is 4.72 Å². The molecule has 2 rings (SSSR count). The van der Waals surface area contributed by atoms with Gasteiger partial charge in [-0.2, -0.15) is 5.10 Å². The van der Waals surface area contributed by atoms with Crippen LogP contribution >= 0.6 is 15.9 Å². The molecule has 2 aromatic heterocycles. The molecule has 0 saturated carbocycles. The highest BCUT2D eigenvalue weighted by atomic mass is 79.9. The summed E-state index contributed by atoms with van der Waals surface area (Å²) < 4.78 is 27.3. The first-order valence-corrected chi connectivity index (χ1v) is 7.51. The smallest absolute Gasteiger partial charge is 0.357 e. The summed E-state index contributed by atoms with van der Waals surface area (Å²) >= 11 is 3.15. The Labute approximate surface area is 122 Å². The summed E-state index contributed by atoms with van der Waals surface area (Å²) in [6, 6.07) is 1.44. The van der Waals surface area contributed by atoms with E-state index < -0.39 is 26.6 Å². The van der Waals surface area contributed by atoms with Crippen LogP contribution in [0, 0.1) is 6.92 Å². The molecular weight excluding hydrogens is 352 g/mol. The van der Waals surface area contributed by atoms with Gasteiger partial charge in [0.1, 0.15) is 4.90 Å². The van der Waals surface area contributed by atoms with Crippen LogP contribution in [0.5, 0.6) is 0 Å². The summed E-state index contributed by atoms with van der Waals surface area (Å²) in [6.07, 6.45) is 2.82. The highest BCUT2D eigenvalue weighted by Gasteiger charge is 2.28. The van der Waals surface area contributed by atoms with E-state index in [9.17, 15) is 13.2 Å². The van der Waals surface area contributed by atoms with E-state index >= 15 is 0 Å². The van der Waals surface area contributed by atoms with E-state index in [0.717, 1.165) is 0 Å². The molecule has 0 unspecified atom stereocenters.